The number of nitrogens with zero attached hydrogens (tertiary/aromatic N) is 1. The van der Waals surface area contributed by atoms with E-state index in [1.807, 2.05) is 6.92 Å². The third kappa shape index (κ3) is 2.76. The van der Waals surface area contributed by atoms with Crippen molar-refractivity contribution >= 4 is 27.3 Å². The normalized spacial score (nSPS) is 12.7. The van der Waals surface area contributed by atoms with E-state index in [2.05, 4.69) is 20.9 Å². The lowest BCUT2D eigenvalue weighted by Crippen LogP contribution is -2.08. The van der Waals surface area contributed by atoms with Crippen molar-refractivity contribution < 1.29 is 13.9 Å². The largest absolute Gasteiger partial charge is 0.388 e. The van der Waals surface area contributed by atoms with E-state index in [0.29, 0.717) is 5.69 Å². The minimum Gasteiger partial charge on any atom is -0.388 e. The van der Waals surface area contributed by atoms with Crippen molar-refractivity contribution in [3.8, 4) is 0 Å². The van der Waals surface area contributed by atoms with Gasteiger partial charge in [-0.3, -0.25) is 0 Å². The van der Waals surface area contributed by atoms with Gasteiger partial charge in [0, 0.05) is 11.8 Å². The van der Waals surface area contributed by atoms with Crippen LogP contribution in [-0.4, -0.2) is 10.1 Å². The zero-order chi connectivity index (χ0) is 13.3. The van der Waals surface area contributed by atoms with Gasteiger partial charge >= 0.3 is 0 Å². The van der Waals surface area contributed by atoms with Crippen molar-refractivity contribution in [1.29, 1.82) is 0 Å². The molecule has 0 spiro atoms. The second-order valence-electron chi connectivity index (χ2n) is 3.83. The number of aromatic nitrogens is 1. The molecule has 1 heterocycles. The second-order valence-corrected chi connectivity index (χ2v) is 5.75. The molecule has 2 aromatic rings. The van der Waals surface area contributed by atoms with Gasteiger partial charge in [-0.2, -0.15) is 0 Å². The number of hydrogen-bond acceptors (Lipinski definition) is 3. The molecule has 0 aliphatic heterocycles. The summed E-state index contributed by atoms with van der Waals surface area (Å²) < 4.78 is 27.4. The first-order valence-corrected chi connectivity index (χ1v) is 6.88. The number of benzene rings is 1. The molecule has 0 saturated heterocycles. The molecule has 1 aromatic heterocycles. The maximum absolute atomic E-state index is 13.8. The summed E-state index contributed by atoms with van der Waals surface area (Å²) in [6, 6.07) is 2.39. The van der Waals surface area contributed by atoms with E-state index in [1.165, 1.54) is 17.4 Å². The van der Waals surface area contributed by atoms with Crippen molar-refractivity contribution in [3.63, 3.8) is 0 Å². The highest BCUT2D eigenvalue weighted by atomic mass is 79.9. The van der Waals surface area contributed by atoms with Crippen molar-refractivity contribution in [2.24, 2.45) is 0 Å². The molecule has 1 aromatic carbocycles. The maximum atomic E-state index is 13.8. The van der Waals surface area contributed by atoms with Crippen molar-refractivity contribution in [3.05, 3.63) is 49.9 Å². The van der Waals surface area contributed by atoms with Gasteiger partial charge in [0.15, 0.2) is 0 Å². The number of hydrogen-bond donors (Lipinski definition) is 1. The molecule has 0 amide bonds. The molecule has 1 atom stereocenters. The first-order chi connectivity index (χ1) is 8.49. The van der Waals surface area contributed by atoms with Gasteiger partial charge in [-0.1, -0.05) is 0 Å². The maximum Gasteiger partial charge on any atom is 0.146 e. The van der Waals surface area contributed by atoms with E-state index < -0.39 is 17.7 Å². The van der Waals surface area contributed by atoms with Crippen LogP contribution in [0, 0.1) is 18.6 Å². The van der Waals surface area contributed by atoms with Crippen LogP contribution in [0.3, 0.4) is 0 Å². The first kappa shape index (κ1) is 13.6. The Morgan fingerprint density at radius 3 is 2.78 bits per heavy atom. The molecule has 2 nitrogen and oxygen atoms in total. The summed E-state index contributed by atoms with van der Waals surface area (Å²) in [5.74, 6) is -1.52. The summed E-state index contributed by atoms with van der Waals surface area (Å²) >= 11 is 4.41. The number of aliphatic hydroxyl groups is 1. The fourth-order valence-corrected chi connectivity index (χ4v) is 2.62. The van der Waals surface area contributed by atoms with Crippen LogP contribution in [0.2, 0.25) is 0 Å². The van der Waals surface area contributed by atoms with Gasteiger partial charge in [-0.25, -0.2) is 13.8 Å². The van der Waals surface area contributed by atoms with Gasteiger partial charge < -0.3 is 5.11 Å². The lowest BCUT2D eigenvalue weighted by Gasteiger charge is -2.12. The minimum atomic E-state index is -1.25. The summed E-state index contributed by atoms with van der Waals surface area (Å²) in [6.07, 6.45) is -1.15. The Hall–Kier alpha value is -0.850. The quantitative estimate of drug-likeness (QED) is 0.867. The number of thiazole rings is 1. The summed E-state index contributed by atoms with van der Waals surface area (Å²) in [6.45, 7) is 1.83. The minimum absolute atomic E-state index is 0.0919. The topological polar surface area (TPSA) is 33.1 Å². The van der Waals surface area contributed by atoms with Gasteiger partial charge in [0.2, 0.25) is 0 Å². The Kier molecular flexibility index (Phi) is 4.09. The van der Waals surface area contributed by atoms with E-state index >= 15 is 0 Å². The third-order valence-electron chi connectivity index (χ3n) is 2.48. The molecule has 0 bridgehead atoms. The van der Waals surface area contributed by atoms with E-state index in [1.54, 1.807) is 5.38 Å². The van der Waals surface area contributed by atoms with Gasteiger partial charge in [0.05, 0.1) is 26.8 Å². The van der Waals surface area contributed by atoms with Crippen molar-refractivity contribution in [2.45, 2.75) is 19.4 Å². The highest BCUT2D eigenvalue weighted by Gasteiger charge is 2.21. The third-order valence-corrected chi connectivity index (χ3v) is 3.92. The van der Waals surface area contributed by atoms with Crippen LogP contribution in [0.4, 0.5) is 8.78 Å². The van der Waals surface area contributed by atoms with Crippen LogP contribution < -0.4 is 0 Å². The smallest absolute Gasteiger partial charge is 0.146 e. The van der Waals surface area contributed by atoms with Crippen LogP contribution >= 0.6 is 27.3 Å². The SMILES string of the molecule is Cc1nc(CC(O)c2c(F)ccc(Br)c2F)cs1. The average molecular weight is 334 g/mol. The van der Waals surface area contributed by atoms with Crippen molar-refractivity contribution in [1.82, 2.24) is 4.98 Å². The van der Waals surface area contributed by atoms with Gasteiger partial charge in [0.25, 0.3) is 0 Å². The molecular formula is C12H10BrF2NOS. The van der Waals surface area contributed by atoms with E-state index in [0.717, 1.165) is 11.1 Å². The Bertz CT molecular complexity index is 573. The van der Waals surface area contributed by atoms with Crippen LogP contribution in [0.1, 0.15) is 22.4 Å². The van der Waals surface area contributed by atoms with Crippen LogP contribution in [-0.2, 0) is 6.42 Å². The van der Waals surface area contributed by atoms with Gasteiger partial charge in [-0.05, 0) is 35.0 Å². The van der Waals surface area contributed by atoms with Crippen LogP contribution in [0.25, 0.3) is 0 Å². The number of aryl methyl sites for hydroxylation is 1. The fraction of sp³-hybridized carbons (Fsp3) is 0.250. The first-order valence-electron chi connectivity index (χ1n) is 5.21. The summed E-state index contributed by atoms with van der Waals surface area (Å²) in [4.78, 5) is 4.16. The van der Waals surface area contributed by atoms with E-state index in [9.17, 15) is 13.9 Å². The molecular weight excluding hydrogens is 324 g/mol. The molecule has 0 saturated carbocycles. The molecule has 0 radical (unpaired) electrons. The molecule has 0 aliphatic carbocycles. The molecule has 1 N–H and O–H groups in total. The highest BCUT2D eigenvalue weighted by molar-refractivity contribution is 9.10. The zero-order valence-electron chi connectivity index (χ0n) is 9.45. The molecule has 2 rings (SSSR count). The lowest BCUT2D eigenvalue weighted by atomic mass is 10.0. The summed E-state index contributed by atoms with van der Waals surface area (Å²) in [5.41, 5.74) is 0.304. The number of halogens is 3. The zero-order valence-corrected chi connectivity index (χ0v) is 11.9. The Morgan fingerprint density at radius 1 is 1.44 bits per heavy atom. The van der Waals surface area contributed by atoms with Crippen LogP contribution in [0.15, 0.2) is 22.0 Å². The molecule has 0 aliphatic rings. The Balaban J connectivity index is 2.28. The standard InChI is InChI=1S/C12H10BrF2NOS/c1-6-16-7(5-18-6)4-10(17)11-9(14)3-2-8(13)12(11)15/h2-3,5,10,17H,4H2,1H3. The average Bonchev–Trinajstić information content (AvgIpc) is 2.70. The summed E-state index contributed by atoms with van der Waals surface area (Å²) in [5, 5.41) is 12.6. The molecule has 18 heavy (non-hydrogen) atoms. The number of rotatable bonds is 3. The lowest BCUT2D eigenvalue weighted by molar-refractivity contribution is 0.167. The molecule has 1 unspecified atom stereocenters. The van der Waals surface area contributed by atoms with Gasteiger partial charge in [-0.15, -0.1) is 11.3 Å². The molecule has 96 valence electrons. The molecule has 0 fully saturated rings. The monoisotopic (exact) mass is 333 g/mol. The predicted octanol–water partition coefficient (Wildman–Crippen LogP) is 3.77. The summed E-state index contributed by atoms with van der Waals surface area (Å²) in [7, 11) is 0. The molecule has 6 heteroatoms. The number of aliphatic hydroxyl groups excluding tert-OH is 1. The predicted molar refractivity (Wildman–Crippen MR) is 69.6 cm³/mol. The fourth-order valence-electron chi connectivity index (χ4n) is 1.65. The van der Waals surface area contributed by atoms with Crippen LogP contribution in [0.5, 0.6) is 0 Å². The van der Waals surface area contributed by atoms with Gasteiger partial charge in [0.1, 0.15) is 11.6 Å². The van der Waals surface area contributed by atoms with E-state index in [4.69, 9.17) is 0 Å². The Labute approximate surface area is 115 Å². The van der Waals surface area contributed by atoms with E-state index in [-0.39, 0.29) is 16.5 Å². The Morgan fingerprint density at radius 2 is 2.17 bits per heavy atom. The van der Waals surface area contributed by atoms with Crippen molar-refractivity contribution in [2.75, 3.05) is 0 Å². The second kappa shape index (κ2) is 5.42. The highest BCUT2D eigenvalue weighted by Crippen LogP contribution is 2.28.